The lowest BCUT2D eigenvalue weighted by Gasteiger charge is -2.02. The lowest BCUT2D eigenvalue weighted by molar-refractivity contribution is -0.144. The molecule has 0 aromatic heterocycles. The molecule has 0 aliphatic rings. The summed E-state index contributed by atoms with van der Waals surface area (Å²) in [5.74, 6) is -0.340. The summed E-state index contributed by atoms with van der Waals surface area (Å²) in [5, 5.41) is 0. The topological polar surface area (TPSA) is 52.3 Å². The Bertz CT molecular complexity index is 81.7. The van der Waals surface area contributed by atoms with Gasteiger partial charge in [-0.3, -0.25) is 4.79 Å². The van der Waals surface area contributed by atoms with Crippen LogP contribution in [0.15, 0.2) is 0 Å². The van der Waals surface area contributed by atoms with E-state index in [0.717, 1.165) is 0 Å². The van der Waals surface area contributed by atoms with Crippen molar-refractivity contribution in [1.29, 1.82) is 0 Å². The molecule has 3 heteroatoms. The van der Waals surface area contributed by atoms with E-state index in [1.807, 2.05) is 0 Å². The number of nitrogens with two attached hydrogens (primary N) is 1. The molecule has 1 atom stereocenters. The summed E-state index contributed by atoms with van der Waals surface area (Å²) in [6.07, 6.45) is 0. The number of carbonyl (C=O) groups is 1. The second-order valence-corrected chi connectivity index (χ2v) is 1.54. The summed E-state index contributed by atoms with van der Waals surface area (Å²) in [5.41, 5.74) is 5.15. The molecule has 3 nitrogen and oxygen atoms in total. The van der Waals surface area contributed by atoms with Crippen LogP contribution in [0.3, 0.4) is 0 Å². The van der Waals surface area contributed by atoms with Crippen LogP contribution >= 0.6 is 0 Å². The van der Waals surface area contributed by atoms with Crippen LogP contribution in [0.2, 0.25) is 0 Å². The van der Waals surface area contributed by atoms with Gasteiger partial charge in [0.25, 0.3) is 0 Å². The van der Waals surface area contributed by atoms with Crippen molar-refractivity contribution in [3.05, 3.63) is 6.92 Å². The van der Waals surface area contributed by atoms with Crippen LogP contribution in [0, 0.1) is 6.92 Å². The first-order valence-corrected chi connectivity index (χ1v) is 3.31. The highest BCUT2D eigenvalue weighted by Crippen LogP contribution is 1.80. The standard InChI is InChI=1S/C5H11NO2.C2H5/c1-3-8-5(7)4(2)6;1-2/h4H,3,6H2,1-2H3;1H2,2H3/t4-;/m0./s1. The van der Waals surface area contributed by atoms with E-state index in [4.69, 9.17) is 5.73 Å². The van der Waals surface area contributed by atoms with Gasteiger partial charge in [-0.2, -0.15) is 0 Å². The molecule has 0 rings (SSSR count). The average molecular weight is 146 g/mol. The number of hydrogen-bond acceptors (Lipinski definition) is 3. The van der Waals surface area contributed by atoms with Crippen LogP contribution in [0.4, 0.5) is 0 Å². The van der Waals surface area contributed by atoms with E-state index in [-0.39, 0.29) is 5.97 Å². The van der Waals surface area contributed by atoms with Crippen molar-refractivity contribution in [2.45, 2.75) is 26.8 Å². The van der Waals surface area contributed by atoms with Gasteiger partial charge < -0.3 is 10.5 Å². The second-order valence-electron chi connectivity index (χ2n) is 1.54. The first-order chi connectivity index (χ1) is 4.68. The molecule has 0 fully saturated rings. The quantitative estimate of drug-likeness (QED) is 0.584. The molecule has 0 aliphatic carbocycles. The predicted octanol–water partition coefficient (Wildman–Crippen LogP) is 0.737. The van der Waals surface area contributed by atoms with Crippen LogP contribution in [0.5, 0.6) is 0 Å². The lowest BCUT2D eigenvalue weighted by Crippen LogP contribution is -2.28. The van der Waals surface area contributed by atoms with E-state index in [1.165, 1.54) is 0 Å². The maximum absolute atomic E-state index is 10.4. The molecule has 2 N–H and O–H groups in total. The van der Waals surface area contributed by atoms with E-state index in [1.54, 1.807) is 20.8 Å². The third-order valence-corrected chi connectivity index (χ3v) is 0.658. The molecule has 0 heterocycles. The first-order valence-electron chi connectivity index (χ1n) is 3.31. The van der Waals surface area contributed by atoms with Gasteiger partial charge in [-0.1, -0.05) is 13.8 Å². The fraction of sp³-hybridized carbons (Fsp3) is 0.714. The molecule has 0 spiro atoms. The molecule has 10 heavy (non-hydrogen) atoms. The molecule has 1 radical (unpaired) electrons. The van der Waals surface area contributed by atoms with Crippen LogP contribution in [-0.2, 0) is 9.53 Å². The minimum Gasteiger partial charge on any atom is -0.465 e. The van der Waals surface area contributed by atoms with Crippen molar-refractivity contribution in [1.82, 2.24) is 0 Å². The van der Waals surface area contributed by atoms with Crippen LogP contribution in [0.1, 0.15) is 20.8 Å². The van der Waals surface area contributed by atoms with Crippen molar-refractivity contribution >= 4 is 5.97 Å². The Morgan fingerprint density at radius 1 is 1.70 bits per heavy atom. The molecule has 0 bridgehead atoms. The minimum absolute atomic E-state index is 0.340. The zero-order valence-electron chi connectivity index (χ0n) is 6.89. The highest BCUT2D eigenvalue weighted by Gasteiger charge is 2.05. The maximum atomic E-state index is 10.4. The summed E-state index contributed by atoms with van der Waals surface area (Å²) in [4.78, 5) is 10.4. The van der Waals surface area contributed by atoms with Crippen LogP contribution in [0.25, 0.3) is 0 Å². The highest BCUT2D eigenvalue weighted by molar-refractivity contribution is 5.74. The van der Waals surface area contributed by atoms with Crippen molar-refractivity contribution in [2.75, 3.05) is 6.61 Å². The van der Waals surface area contributed by atoms with Crippen molar-refractivity contribution in [3.8, 4) is 0 Å². The number of esters is 1. The molecule has 61 valence electrons. The maximum Gasteiger partial charge on any atom is 0.322 e. The Kier molecular flexibility index (Phi) is 10.2. The van der Waals surface area contributed by atoms with E-state index in [0.29, 0.717) is 6.61 Å². The Morgan fingerprint density at radius 3 is 2.20 bits per heavy atom. The van der Waals surface area contributed by atoms with E-state index in [9.17, 15) is 4.79 Å². The van der Waals surface area contributed by atoms with Gasteiger partial charge in [-0.05, 0) is 13.8 Å². The third kappa shape index (κ3) is 7.43. The zero-order chi connectivity index (χ0) is 8.57. The van der Waals surface area contributed by atoms with Gasteiger partial charge >= 0.3 is 5.97 Å². The van der Waals surface area contributed by atoms with Gasteiger partial charge in [-0.25, -0.2) is 0 Å². The number of carbonyl (C=O) groups excluding carboxylic acids is 1. The van der Waals surface area contributed by atoms with Crippen molar-refractivity contribution in [2.24, 2.45) is 5.73 Å². The van der Waals surface area contributed by atoms with Gasteiger partial charge in [0.2, 0.25) is 0 Å². The van der Waals surface area contributed by atoms with Gasteiger partial charge in [-0.15, -0.1) is 0 Å². The summed E-state index contributed by atoms with van der Waals surface area (Å²) in [7, 11) is 0. The molecule has 0 aromatic carbocycles. The Labute approximate surface area is 62.5 Å². The van der Waals surface area contributed by atoms with Crippen LogP contribution in [-0.4, -0.2) is 18.6 Å². The monoisotopic (exact) mass is 146 g/mol. The molecule has 0 unspecified atom stereocenters. The molecule has 0 amide bonds. The van der Waals surface area contributed by atoms with Crippen molar-refractivity contribution < 1.29 is 9.53 Å². The van der Waals surface area contributed by atoms with E-state index < -0.39 is 6.04 Å². The molecular formula is C7H16NO2. The molecule has 0 saturated carbocycles. The van der Waals surface area contributed by atoms with Gasteiger partial charge in [0.1, 0.15) is 6.04 Å². The first kappa shape index (κ1) is 12.1. The normalized spacial score (nSPS) is 10.9. The second kappa shape index (κ2) is 8.43. The highest BCUT2D eigenvalue weighted by atomic mass is 16.5. The summed E-state index contributed by atoms with van der Waals surface area (Å²) in [6.45, 7) is 8.75. The van der Waals surface area contributed by atoms with Crippen molar-refractivity contribution in [3.63, 3.8) is 0 Å². The molecule has 0 aliphatic heterocycles. The van der Waals surface area contributed by atoms with Crippen LogP contribution < -0.4 is 5.73 Å². The summed E-state index contributed by atoms with van der Waals surface area (Å²) in [6, 6.07) is -0.491. The summed E-state index contributed by atoms with van der Waals surface area (Å²) < 4.78 is 4.54. The van der Waals surface area contributed by atoms with E-state index in [2.05, 4.69) is 11.7 Å². The lowest BCUT2D eigenvalue weighted by atomic mass is 10.4. The fourth-order valence-electron chi connectivity index (χ4n) is 0.274. The van der Waals surface area contributed by atoms with E-state index >= 15 is 0 Å². The molecule has 0 saturated heterocycles. The summed E-state index contributed by atoms with van der Waals surface area (Å²) >= 11 is 0. The molecular weight excluding hydrogens is 130 g/mol. The van der Waals surface area contributed by atoms with Gasteiger partial charge in [0, 0.05) is 0 Å². The smallest absolute Gasteiger partial charge is 0.322 e. The number of ether oxygens (including phenoxy) is 1. The van der Waals surface area contributed by atoms with Gasteiger partial charge in [0.05, 0.1) is 6.61 Å². The average Bonchev–Trinajstić information content (AvgIpc) is 1.93. The Balaban J connectivity index is 0. The Hall–Kier alpha value is -0.570. The molecule has 0 aromatic rings. The predicted molar refractivity (Wildman–Crippen MR) is 41.3 cm³/mol. The number of rotatable bonds is 2. The minimum atomic E-state index is -0.491. The van der Waals surface area contributed by atoms with Gasteiger partial charge in [0.15, 0.2) is 0 Å². The Morgan fingerprint density at radius 2 is 2.10 bits per heavy atom. The largest absolute Gasteiger partial charge is 0.465 e. The number of hydrogen-bond donors (Lipinski definition) is 1. The zero-order valence-corrected chi connectivity index (χ0v) is 6.89. The third-order valence-electron chi connectivity index (χ3n) is 0.658. The fourth-order valence-corrected chi connectivity index (χ4v) is 0.274. The SMILES string of the molecule is CCOC(=O)[C@H](C)N.[CH2]C.